The molecule has 0 radical (unpaired) electrons. The van der Waals surface area contributed by atoms with Crippen LogP contribution in [0.4, 0.5) is 0 Å². The minimum atomic E-state index is -0.0294. The number of aromatic amines is 1. The fraction of sp³-hybridized carbons (Fsp3) is 0.303. The predicted molar refractivity (Wildman–Crippen MR) is 161 cm³/mol. The summed E-state index contributed by atoms with van der Waals surface area (Å²) in [5.74, 6) is 0.0389. The van der Waals surface area contributed by atoms with Gasteiger partial charge in [-0.3, -0.25) is 9.59 Å². The maximum Gasteiger partial charge on any atom is 0.253 e. The molecule has 2 aromatic carbocycles. The number of aromatic nitrogens is 2. The van der Waals surface area contributed by atoms with Gasteiger partial charge in [0.25, 0.3) is 5.91 Å². The van der Waals surface area contributed by atoms with Crippen molar-refractivity contribution in [3.8, 4) is 22.4 Å². The first-order chi connectivity index (χ1) is 19.3. The second kappa shape index (κ2) is 10.3. The number of amides is 1. The topological polar surface area (TPSA) is 69.3 Å². The molecule has 0 atom stereocenters. The van der Waals surface area contributed by atoms with E-state index in [4.69, 9.17) is 11.6 Å². The first-order valence-corrected chi connectivity index (χ1v) is 14.1. The lowest BCUT2D eigenvalue weighted by Gasteiger charge is -2.52. The lowest BCUT2D eigenvalue weighted by molar-refractivity contribution is -0.114. The van der Waals surface area contributed by atoms with Crippen LogP contribution in [0.3, 0.4) is 0 Å². The molecule has 40 heavy (non-hydrogen) atoms. The molecule has 1 spiro atoms. The quantitative estimate of drug-likeness (QED) is 0.284. The summed E-state index contributed by atoms with van der Waals surface area (Å²) in [5, 5.41) is 1.40. The van der Waals surface area contributed by atoms with Crippen molar-refractivity contribution in [3.63, 3.8) is 0 Å². The highest BCUT2D eigenvalue weighted by molar-refractivity contribution is 6.36. The second-order valence-corrected chi connectivity index (χ2v) is 11.8. The molecule has 2 aliphatic heterocycles. The first-order valence-electron chi connectivity index (χ1n) is 13.8. The molecule has 204 valence electrons. The van der Waals surface area contributed by atoms with E-state index in [-0.39, 0.29) is 18.1 Å². The largest absolute Gasteiger partial charge is 0.339 e. The number of carbonyl (C=O) groups is 2. The fourth-order valence-electron chi connectivity index (χ4n) is 6.45. The minimum absolute atomic E-state index is 0.0294. The summed E-state index contributed by atoms with van der Waals surface area (Å²) in [6.07, 6.45) is 5.44. The van der Waals surface area contributed by atoms with E-state index in [0.29, 0.717) is 21.6 Å². The van der Waals surface area contributed by atoms with Crippen LogP contribution in [0.1, 0.15) is 34.3 Å². The van der Waals surface area contributed by atoms with Crippen LogP contribution in [0.2, 0.25) is 5.02 Å². The van der Waals surface area contributed by atoms with Crippen LogP contribution in [0, 0.1) is 12.3 Å². The maximum atomic E-state index is 13.6. The molecule has 0 unspecified atom stereocenters. The number of allylic oxidation sites excluding steroid dienone is 1. The number of halogens is 1. The van der Waals surface area contributed by atoms with Crippen LogP contribution in [-0.2, 0) is 11.2 Å². The first kappa shape index (κ1) is 26.5. The van der Waals surface area contributed by atoms with E-state index < -0.39 is 0 Å². The minimum Gasteiger partial charge on any atom is -0.339 e. The molecule has 2 fully saturated rings. The van der Waals surface area contributed by atoms with Gasteiger partial charge in [0.05, 0.1) is 10.7 Å². The molecule has 4 aromatic rings. The van der Waals surface area contributed by atoms with E-state index in [1.807, 2.05) is 54.3 Å². The highest BCUT2D eigenvalue weighted by Crippen LogP contribution is 2.42. The monoisotopic (exact) mass is 552 g/mol. The average Bonchev–Trinajstić information content (AvgIpc) is 3.34. The number of carbonyl (C=O) groups excluding carboxylic acids is 2. The zero-order chi connectivity index (χ0) is 28.0. The van der Waals surface area contributed by atoms with Crippen molar-refractivity contribution in [2.45, 2.75) is 26.2 Å². The van der Waals surface area contributed by atoms with Crippen LogP contribution in [0.5, 0.6) is 0 Å². The van der Waals surface area contributed by atoms with Crippen molar-refractivity contribution in [2.24, 2.45) is 5.41 Å². The Kier molecular flexibility index (Phi) is 6.85. The summed E-state index contributed by atoms with van der Waals surface area (Å²) >= 11 is 6.73. The number of H-pyrrole nitrogens is 1. The fourth-order valence-corrected chi connectivity index (χ4v) is 6.69. The number of benzene rings is 2. The Bertz CT molecular complexity index is 1640. The lowest BCUT2D eigenvalue weighted by atomic mass is 9.72. The Labute approximate surface area is 239 Å². The van der Waals surface area contributed by atoms with Gasteiger partial charge < -0.3 is 14.8 Å². The standard InChI is InChI=1S/C33H33ClN4O2/c1-4-26(39)18-25-16-22(9-8-21(25)2)28-29-27(34)10-13-35-31(29)36-30(28)23-6-5-7-24(17-23)32(40)38-14-11-33(12-15-38)19-37(3)20-33/h4-10,13,16-17H,1,11-12,14-15,18-20H2,2-3H3,(H,35,36). The highest BCUT2D eigenvalue weighted by atomic mass is 35.5. The Balaban J connectivity index is 1.38. The Morgan fingerprint density at radius 1 is 1.10 bits per heavy atom. The van der Waals surface area contributed by atoms with Gasteiger partial charge in [-0.05, 0) is 78.8 Å². The highest BCUT2D eigenvalue weighted by Gasteiger charge is 2.43. The number of nitrogens with one attached hydrogen (secondary N) is 1. The number of likely N-dealkylation sites (tertiary alicyclic amines) is 2. The molecule has 1 N–H and O–H groups in total. The second-order valence-electron chi connectivity index (χ2n) is 11.4. The van der Waals surface area contributed by atoms with Gasteiger partial charge in [0.15, 0.2) is 5.78 Å². The Morgan fingerprint density at radius 3 is 2.60 bits per heavy atom. The van der Waals surface area contributed by atoms with E-state index >= 15 is 0 Å². The van der Waals surface area contributed by atoms with Gasteiger partial charge in [0, 0.05) is 55.3 Å². The summed E-state index contributed by atoms with van der Waals surface area (Å²) in [5.41, 5.74) is 7.26. The van der Waals surface area contributed by atoms with Crippen LogP contribution in [0.15, 0.2) is 67.4 Å². The molecular weight excluding hydrogens is 520 g/mol. The molecule has 6 nitrogen and oxygen atoms in total. The van der Waals surface area contributed by atoms with Gasteiger partial charge in [-0.1, -0.05) is 48.5 Å². The predicted octanol–water partition coefficient (Wildman–Crippen LogP) is 6.32. The van der Waals surface area contributed by atoms with Crippen molar-refractivity contribution in [1.82, 2.24) is 19.8 Å². The van der Waals surface area contributed by atoms with Gasteiger partial charge >= 0.3 is 0 Å². The van der Waals surface area contributed by atoms with E-state index in [0.717, 1.165) is 77.9 Å². The van der Waals surface area contributed by atoms with Crippen LogP contribution in [0.25, 0.3) is 33.4 Å². The van der Waals surface area contributed by atoms with Crippen molar-refractivity contribution in [3.05, 3.63) is 89.1 Å². The molecule has 0 aliphatic carbocycles. The number of piperidine rings is 1. The molecule has 0 bridgehead atoms. The Morgan fingerprint density at radius 2 is 1.88 bits per heavy atom. The van der Waals surface area contributed by atoms with E-state index in [1.54, 1.807) is 12.3 Å². The van der Waals surface area contributed by atoms with Gasteiger partial charge in [0.1, 0.15) is 5.65 Å². The molecule has 6 rings (SSSR count). The zero-order valence-corrected chi connectivity index (χ0v) is 23.7. The summed E-state index contributed by atoms with van der Waals surface area (Å²) in [4.78, 5) is 38.2. The molecule has 2 aliphatic rings. The van der Waals surface area contributed by atoms with Crippen LogP contribution >= 0.6 is 11.6 Å². The van der Waals surface area contributed by atoms with Gasteiger partial charge in [-0.25, -0.2) is 4.98 Å². The summed E-state index contributed by atoms with van der Waals surface area (Å²) in [6.45, 7) is 9.48. The van der Waals surface area contributed by atoms with Gasteiger partial charge in [0.2, 0.25) is 0 Å². The maximum absolute atomic E-state index is 13.6. The summed E-state index contributed by atoms with van der Waals surface area (Å²) in [7, 11) is 2.16. The van der Waals surface area contributed by atoms with Gasteiger partial charge in [-0.2, -0.15) is 0 Å². The third-order valence-corrected chi connectivity index (χ3v) is 8.91. The summed E-state index contributed by atoms with van der Waals surface area (Å²) < 4.78 is 0. The molecular formula is C33H33ClN4O2. The van der Waals surface area contributed by atoms with Crippen LogP contribution in [-0.4, -0.2) is 64.7 Å². The number of ketones is 1. The van der Waals surface area contributed by atoms with Crippen molar-refractivity contribution < 1.29 is 9.59 Å². The number of pyridine rings is 1. The number of aryl methyl sites for hydroxylation is 1. The molecule has 7 heteroatoms. The lowest BCUT2D eigenvalue weighted by Crippen LogP contribution is -2.59. The molecule has 2 saturated heterocycles. The number of fused-ring (bicyclic) bond motifs is 1. The molecule has 4 heterocycles. The number of rotatable bonds is 6. The van der Waals surface area contributed by atoms with Crippen molar-refractivity contribution in [1.29, 1.82) is 0 Å². The molecule has 2 aromatic heterocycles. The van der Waals surface area contributed by atoms with E-state index in [2.05, 4.69) is 28.5 Å². The zero-order valence-electron chi connectivity index (χ0n) is 23.0. The third kappa shape index (κ3) is 4.76. The third-order valence-electron chi connectivity index (χ3n) is 8.59. The van der Waals surface area contributed by atoms with E-state index in [9.17, 15) is 9.59 Å². The molecule has 1 amide bonds. The average molecular weight is 553 g/mol. The van der Waals surface area contributed by atoms with Crippen LogP contribution < -0.4 is 0 Å². The van der Waals surface area contributed by atoms with Crippen molar-refractivity contribution in [2.75, 3.05) is 33.2 Å². The SMILES string of the molecule is C=CC(=O)Cc1cc(-c2c(-c3cccc(C(=O)N4CCC5(CC4)CN(C)C5)c3)[nH]c3nccc(Cl)c23)ccc1C. The smallest absolute Gasteiger partial charge is 0.253 e. The Hall–Kier alpha value is -3.74. The van der Waals surface area contributed by atoms with Crippen molar-refractivity contribution >= 4 is 34.3 Å². The number of hydrogen-bond donors (Lipinski definition) is 1. The van der Waals surface area contributed by atoms with Gasteiger partial charge in [-0.15, -0.1) is 0 Å². The molecule has 0 saturated carbocycles. The number of hydrogen-bond acceptors (Lipinski definition) is 4. The summed E-state index contributed by atoms with van der Waals surface area (Å²) in [6, 6.07) is 15.7. The van der Waals surface area contributed by atoms with E-state index in [1.165, 1.54) is 6.08 Å². The number of nitrogens with zero attached hydrogens (tertiary/aromatic N) is 3. The normalized spacial score (nSPS) is 16.7.